The van der Waals surface area contributed by atoms with E-state index in [1.165, 1.54) is 4.90 Å². The number of carboxylic acids is 1. The zero-order valence-electron chi connectivity index (χ0n) is 12.5. The van der Waals surface area contributed by atoms with Crippen molar-refractivity contribution in [3.05, 3.63) is 0 Å². The molecule has 0 spiro atoms. The third-order valence-electron chi connectivity index (χ3n) is 5.65. The largest absolute Gasteiger partial charge is 0.479 e. The zero-order chi connectivity index (χ0) is 16.0. The molecule has 4 fully saturated rings. The van der Waals surface area contributed by atoms with E-state index in [2.05, 4.69) is 5.32 Å². The second kappa shape index (κ2) is 5.35. The molecule has 5 nitrogen and oxygen atoms in total. The lowest BCUT2D eigenvalue weighted by atomic mass is 9.60. The van der Waals surface area contributed by atoms with Gasteiger partial charge in [0.25, 0.3) is 5.92 Å². The van der Waals surface area contributed by atoms with Gasteiger partial charge in [0.15, 0.2) is 0 Å². The highest BCUT2D eigenvalue weighted by atomic mass is 19.3. The van der Waals surface area contributed by atoms with Gasteiger partial charge in [0.1, 0.15) is 5.54 Å². The number of nitrogens with one attached hydrogen (secondary N) is 1. The Hall–Kier alpha value is -1.40. The van der Waals surface area contributed by atoms with E-state index in [-0.39, 0.29) is 31.8 Å². The lowest BCUT2D eigenvalue weighted by Gasteiger charge is -2.49. The van der Waals surface area contributed by atoms with E-state index in [9.17, 15) is 23.5 Å². The lowest BCUT2D eigenvalue weighted by Crippen LogP contribution is -2.66. The van der Waals surface area contributed by atoms with Crippen molar-refractivity contribution in [2.45, 2.75) is 56.4 Å². The smallest absolute Gasteiger partial charge is 0.329 e. The number of aliphatic carboxylic acids is 1. The van der Waals surface area contributed by atoms with Crippen LogP contribution in [0.25, 0.3) is 0 Å². The predicted octanol–water partition coefficient (Wildman–Crippen LogP) is 2.46. The van der Waals surface area contributed by atoms with Crippen LogP contribution in [-0.4, -0.2) is 46.6 Å². The van der Waals surface area contributed by atoms with Crippen LogP contribution in [0.15, 0.2) is 0 Å². The minimum Gasteiger partial charge on any atom is -0.479 e. The number of carbonyl (C=O) groups is 2. The maximum atomic E-state index is 13.2. The summed E-state index contributed by atoms with van der Waals surface area (Å²) in [6, 6.07) is -0.509. The molecule has 0 radical (unpaired) electrons. The van der Waals surface area contributed by atoms with E-state index in [1.807, 2.05) is 0 Å². The fourth-order valence-corrected chi connectivity index (χ4v) is 4.26. The van der Waals surface area contributed by atoms with Gasteiger partial charge < -0.3 is 15.3 Å². The number of nitrogens with zero attached hydrogens (tertiary/aromatic N) is 1. The zero-order valence-corrected chi connectivity index (χ0v) is 12.5. The second-order valence-corrected chi connectivity index (χ2v) is 6.97. The number of alkyl halides is 2. The summed E-state index contributed by atoms with van der Waals surface area (Å²) in [5.74, 6) is -3.42. The molecule has 1 heterocycles. The van der Waals surface area contributed by atoms with Gasteiger partial charge in [0, 0.05) is 25.9 Å². The minimum absolute atomic E-state index is 0.0252. The van der Waals surface area contributed by atoms with Gasteiger partial charge in [0.05, 0.1) is 0 Å². The van der Waals surface area contributed by atoms with E-state index < -0.39 is 23.5 Å². The van der Waals surface area contributed by atoms with Gasteiger partial charge >= 0.3 is 12.0 Å². The van der Waals surface area contributed by atoms with Crippen molar-refractivity contribution in [3.8, 4) is 0 Å². The number of amides is 2. The Bertz CT molecular complexity index is 467. The van der Waals surface area contributed by atoms with Crippen LogP contribution >= 0.6 is 0 Å². The van der Waals surface area contributed by atoms with Crippen molar-refractivity contribution in [2.24, 2.45) is 11.8 Å². The fourth-order valence-electron chi connectivity index (χ4n) is 4.26. The number of carbonyl (C=O) groups excluding carboxylic acids is 1. The molecule has 2 bridgehead atoms. The average molecular weight is 316 g/mol. The molecule has 1 saturated heterocycles. The average Bonchev–Trinajstić information content (AvgIpc) is 2.48. The monoisotopic (exact) mass is 316 g/mol. The molecule has 1 aliphatic heterocycles. The van der Waals surface area contributed by atoms with Crippen LogP contribution in [-0.2, 0) is 4.79 Å². The molecule has 2 amide bonds. The van der Waals surface area contributed by atoms with Crippen molar-refractivity contribution in [3.63, 3.8) is 0 Å². The molecule has 1 atom stereocenters. The Morgan fingerprint density at radius 3 is 2.14 bits per heavy atom. The first kappa shape index (κ1) is 15.5. The molecule has 2 N–H and O–H groups in total. The number of fused-ring (bicyclic) bond motifs is 3. The summed E-state index contributed by atoms with van der Waals surface area (Å²) in [6.45, 7) is -0.0503. The number of hydrogen-bond donors (Lipinski definition) is 2. The van der Waals surface area contributed by atoms with Gasteiger partial charge in [0.2, 0.25) is 0 Å². The maximum absolute atomic E-state index is 13.2. The van der Waals surface area contributed by atoms with Gasteiger partial charge in [-0.3, -0.25) is 0 Å². The van der Waals surface area contributed by atoms with Gasteiger partial charge in [-0.25, -0.2) is 18.4 Å². The van der Waals surface area contributed by atoms with Crippen molar-refractivity contribution in [1.29, 1.82) is 0 Å². The van der Waals surface area contributed by atoms with E-state index in [0.717, 1.165) is 25.7 Å². The first-order valence-electron chi connectivity index (χ1n) is 8.01. The Morgan fingerprint density at radius 2 is 1.68 bits per heavy atom. The quantitative estimate of drug-likeness (QED) is 0.822. The summed E-state index contributed by atoms with van der Waals surface area (Å²) >= 11 is 0. The molecule has 3 aliphatic carbocycles. The van der Waals surface area contributed by atoms with E-state index >= 15 is 0 Å². The van der Waals surface area contributed by atoms with Gasteiger partial charge in [-0.05, 0) is 43.9 Å². The topological polar surface area (TPSA) is 69.6 Å². The van der Waals surface area contributed by atoms with Gasteiger partial charge in [-0.2, -0.15) is 0 Å². The van der Waals surface area contributed by atoms with E-state index in [4.69, 9.17) is 0 Å². The van der Waals surface area contributed by atoms with Crippen LogP contribution in [0.1, 0.15) is 44.9 Å². The first-order chi connectivity index (χ1) is 10.3. The van der Waals surface area contributed by atoms with Crippen molar-refractivity contribution < 1.29 is 23.5 Å². The van der Waals surface area contributed by atoms with Crippen LogP contribution in [0.2, 0.25) is 0 Å². The minimum atomic E-state index is -2.72. The van der Waals surface area contributed by atoms with Gasteiger partial charge in [-0.15, -0.1) is 0 Å². The van der Waals surface area contributed by atoms with Crippen LogP contribution in [0, 0.1) is 11.8 Å². The summed E-state index contributed by atoms with van der Waals surface area (Å²) in [5.41, 5.74) is -1.21. The summed E-state index contributed by atoms with van der Waals surface area (Å²) < 4.78 is 26.3. The molecular formula is C15H22F2N2O3. The SMILES string of the molecule is O=C(NC1(C(=O)O)CC2CCC1CC2)N1CCC(F)(F)CC1. The van der Waals surface area contributed by atoms with E-state index in [1.54, 1.807) is 0 Å². The second-order valence-electron chi connectivity index (χ2n) is 6.97. The molecular weight excluding hydrogens is 294 g/mol. The van der Waals surface area contributed by atoms with Crippen LogP contribution in [0.3, 0.4) is 0 Å². The molecule has 22 heavy (non-hydrogen) atoms. The normalized spacial score (nSPS) is 36.9. The molecule has 124 valence electrons. The number of piperidine rings is 1. The fraction of sp³-hybridized carbons (Fsp3) is 0.867. The third kappa shape index (κ3) is 2.65. The Kier molecular flexibility index (Phi) is 3.77. The molecule has 0 aromatic heterocycles. The number of urea groups is 1. The summed E-state index contributed by atoms with van der Waals surface area (Å²) in [4.78, 5) is 25.5. The van der Waals surface area contributed by atoms with Crippen LogP contribution in [0.4, 0.5) is 13.6 Å². The molecule has 4 rings (SSSR count). The van der Waals surface area contributed by atoms with Crippen molar-refractivity contribution in [2.75, 3.05) is 13.1 Å². The molecule has 0 aromatic carbocycles. The third-order valence-corrected chi connectivity index (χ3v) is 5.65. The molecule has 0 aromatic rings. The van der Waals surface area contributed by atoms with Gasteiger partial charge in [-0.1, -0.05) is 0 Å². The Labute approximate surface area is 128 Å². The summed E-state index contributed by atoms with van der Waals surface area (Å²) in [5, 5.41) is 12.4. The molecule has 7 heteroatoms. The summed E-state index contributed by atoms with van der Waals surface area (Å²) in [6.07, 6.45) is 3.42. The Balaban J connectivity index is 1.70. The van der Waals surface area contributed by atoms with Crippen LogP contribution in [0.5, 0.6) is 0 Å². The first-order valence-corrected chi connectivity index (χ1v) is 8.01. The van der Waals surface area contributed by atoms with Crippen molar-refractivity contribution in [1.82, 2.24) is 10.2 Å². The van der Waals surface area contributed by atoms with E-state index in [0.29, 0.717) is 12.3 Å². The number of carboxylic acid groups (broad SMARTS) is 1. The summed E-state index contributed by atoms with van der Waals surface area (Å²) in [7, 11) is 0. The number of likely N-dealkylation sites (tertiary alicyclic amines) is 1. The standard InChI is InChI=1S/C15H22F2N2O3/c16-14(17)5-7-19(8-6-14)13(22)18-15(12(20)21)9-10-1-3-11(15)4-2-10/h10-11H,1-9H2,(H,18,22)(H,20,21). The highest BCUT2D eigenvalue weighted by Crippen LogP contribution is 2.47. The number of rotatable bonds is 2. The van der Waals surface area contributed by atoms with Crippen LogP contribution < -0.4 is 5.32 Å². The molecule has 3 saturated carbocycles. The maximum Gasteiger partial charge on any atom is 0.329 e. The molecule has 1 unspecified atom stereocenters. The highest BCUT2D eigenvalue weighted by molar-refractivity contribution is 5.87. The lowest BCUT2D eigenvalue weighted by molar-refractivity contribution is -0.152. The molecule has 4 aliphatic rings. The number of hydrogen-bond acceptors (Lipinski definition) is 2. The predicted molar refractivity (Wildman–Crippen MR) is 74.7 cm³/mol. The van der Waals surface area contributed by atoms with Crippen molar-refractivity contribution >= 4 is 12.0 Å². The highest BCUT2D eigenvalue weighted by Gasteiger charge is 2.54. The Morgan fingerprint density at radius 1 is 1.09 bits per heavy atom. The number of halogens is 2.